The molecule has 1 aromatic rings. The first-order valence-electron chi connectivity index (χ1n) is 7.00. The fourth-order valence-electron chi connectivity index (χ4n) is 1.80. The van der Waals surface area contributed by atoms with Crippen LogP contribution in [-0.4, -0.2) is 26.3 Å². The van der Waals surface area contributed by atoms with Gasteiger partial charge in [-0.1, -0.05) is 27.7 Å². The molecule has 0 aliphatic carbocycles. The van der Waals surface area contributed by atoms with Crippen molar-refractivity contribution in [2.75, 3.05) is 20.3 Å². The van der Waals surface area contributed by atoms with Crippen LogP contribution in [0.5, 0.6) is 11.5 Å². The Balaban J connectivity index is 2.49. The average molecular weight is 265 g/mol. The van der Waals surface area contributed by atoms with E-state index in [0.717, 1.165) is 24.5 Å². The zero-order chi connectivity index (χ0) is 14.3. The number of hydrogen-bond acceptors (Lipinski definition) is 3. The van der Waals surface area contributed by atoms with E-state index >= 15 is 0 Å². The summed E-state index contributed by atoms with van der Waals surface area (Å²) in [5.41, 5.74) is 0.179. The summed E-state index contributed by atoms with van der Waals surface area (Å²) in [6, 6.07) is 8.15. The van der Waals surface area contributed by atoms with Crippen LogP contribution in [0.15, 0.2) is 24.3 Å². The minimum absolute atomic E-state index is 0.179. The van der Waals surface area contributed by atoms with E-state index in [0.29, 0.717) is 12.6 Å². The highest BCUT2D eigenvalue weighted by Crippen LogP contribution is 2.22. The Morgan fingerprint density at radius 1 is 1.05 bits per heavy atom. The molecule has 0 aromatic heterocycles. The minimum Gasteiger partial charge on any atom is -0.494 e. The molecule has 0 saturated heterocycles. The molecule has 0 bridgehead atoms. The van der Waals surface area contributed by atoms with Gasteiger partial charge < -0.3 is 14.8 Å². The molecule has 0 aliphatic rings. The molecule has 0 amide bonds. The van der Waals surface area contributed by atoms with Crippen LogP contribution >= 0.6 is 0 Å². The normalized spacial score (nSPS) is 13.1. The van der Waals surface area contributed by atoms with Crippen molar-refractivity contribution in [2.45, 2.75) is 40.2 Å². The summed E-state index contributed by atoms with van der Waals surface area (Å²) in [5, 5.41) is 3.30. The summed E-state index contributed by atoms with van der Waals surface area (Å²) in [6.45, 7) is 10.1. The van der Waals surface area contributed by atoms with Gasteiger partial charge in [-0.15, -0.1) is 0 Å². The van der Waals surface area contributed by atoms with Crippen molar-refractivity contribution in [3.8, 4) is 11.5 Å². The number of benzene rings is 1. The van der Waals surface area contributed by atoms with Gasteiger partial charge in [-0.2, -0.15) is 0 Å². The van der Waals surface area contributed by atoms with Crippen molar-refractivity contribution < 1.29 is 9.47 Å². The van der Waals surface area contributed by atoms with Gasteiger partial charge in [-0.25, -0.2) is 0 Å². The van der Waals surface area contributed by atoms with Crippen LogP contribution in [0, 0.1) is 5.41 Å². The molecule has 1 aromatic carbocycles. The highest BCUT2D eigenvalue weighted by Gasteiger charge is 2.23. The van der Waals surface area contributed by atoms with Crippen LogP contribution in [0.1, 0.15) is 34.1 Å². The van der Waals surface area contributed by atoms with Gasteiger partial charge in [0.2, 0.25) is 0 Å². The van der Waals surface area contributed by atoms with Crippen molar-refractivity contribution in [3.63, 3.8) is 0 Å². The number of likely N-dealkylation sites (N-methyl/N-ethyl adjacent to an activating group) is 1. The lowest BCUT2D eigenvalue weighted by Crippen LogP contribution is -2.42. The standard InChI is InChI=1S/C16H27NO2/c1-6-11-18-13-7-9-14(10-8-13)19-12-15(17-5)16(2,3)4/h7-10,15,17H,6,11-12H2,1-5H3. The van der Waals surface area contributed by atoms with Gasteiger partial charge in [-0.3, -0.25) is 0 Å². The Morgan fingerprint density at radius 3 is 2.00 bits per heavy atom. The fraction of sp³-hybridized carbons (Fsp3) is 0.625. The predicted molar refractivity (Wildman–Crippen MR) is 80.0 cm³/mol. The average Bonchev–Trinajstić information content (AvgIpc) is 2.37. The smallest absolute Gasteiger partial charge is 0.119 e. The summed E-state index contributed by atoms with van der Waals surface area (Å²) in [7, 11) is 1.97. The Labute approximate surface area is 117 Å². The summed E-state index contributed by atoms with van der Waals surface area (Å²) >= 11 is 0. The first-order chi connectivity index (χ1) is 8.97. The minimum atomic E-state index is 0.179. The van der Waals surface area contributed by atoms with Crippen molar-refractivity contribution >= 4 is 0 Å². The first kappa shape index (κ1) is 15.8. The molecule has 0 heterocycles. The fourth-order valence-corrected chi connectivity index (χ4v) is 1.80. The Kier molecular flexibility index (Phi) is 6.16. The molecule has 3 heteroatoms. The van der Waals surface area contributed by atoms with Crippen molar-refractivity contribution in [1.29, 1.82) is 0 Å². The molecule has 0 saturated carbocycles. The molecule has 1 N–H and O–H groups in total. The molecule has 0 aliphatic heterocycles. The number of ether oxygens (including phenoxy) is 2. The predicted octanol–water partition coefficient (Wildman–Crippen LogP) is 3.49. The Morgan fingerprint density at radius 2 is 1.58 bits per heavy atom. The number of nitrogens with one attached hydrogen (secondary N) is 1. The van der Waals surface area contributed by atoms with Gasteiger partial charge in [0.1, 0.15) is 18.1 Å². The van der Waals surface area contributed by atoms with E-state index in [-0.39, 0.29) is 5.41 Å². The van der Waals surface area contributed by atoms with E-state index in [9.17, 15) is 0 Å². The summed E-state index contributed by atoms with van der Waals surface area (Å²) in [4.78, 5) is 0. The lowest BCUT2D eigenvalue weighted by Gasteiger charge is -2.30. The van der Waals surface area contributed by atoms with Crippen LogP contribution < -0.4 is 14.8 Å². The second-order valence-electron chi connectivity index (χ2n) is 5.84. The Bertz CT molecular complexity index is 354. The Hall–Kier alpha value is -1.22. The maximum Gasteiger partial charge on any atom is 0.119 e. The molecular weight excluding hydrogens is 238 g/mol. The van der Waals surface area contributed by atoms with Gasteiger partial charge in [0.25, 0.3) is 0 Å². The molecule has 1 unspecified atom stereocenters. The van der Waals surface area contributed by atoms with Crippen LogP contribution in [0.25, 0.3) is 0 Å². The van der Waals surface area contributed by atoms with Gasteiger partial charge in [0, 0.05) is 6.04 Å². The number of hydrogen-bond donors (Lipinski definition) is 1. The van der Waals surface area contributed by atoms with E-state index < -0.39 is 0 Å². The SMILES string of the molecule is CCCOc1ccc(OCC(NC)C(C)(C)C)cc1. The molecule has 0 radical (unpaired) electrons. The molecule has 0 fully saturated rings. The van der Waals surface area contributed by atoms with Gasteiger partial charge >= 0.3 is 0 Å². The lowest BCUT2D eigenvalue weighted by atomic mass is 9.87. The molecule has 19 heavy (non-hydrogen) atoms. The topological polar surface area (TPSA) is 30.5 Å². The maximum absolute atomic E-state index is 5.83. The van der Waals surface area contributed by atoms with E-state index in [1.54, 1.807) is 0 Å². The molecular formula is C16H27NO2. The monoisotopic (exact) mass is 265 g/mol. The highest BCUT2D eigenvalue weighted by molar-refractivity contribution is 5.31. The molecule has 1 rings (SSSR count). The van der Waals surface area contributed by atoms with Gasteiger partial charge in [0.15, 0.2) is 0 Å². The second kappa shape index (κ2) is 7.39. The largest absolute Gasteiger partial charge is 0.494 e. The molecule has 3 nitrogen and oxygen atoms in total. The van der Waals surface area contributed by atoms with Crippen LogP contribution in [0.2, 0.25) is 0 Å². The maximum atomic E-state index is 5.83. The highest BCUT2D eigenvalue weighted by atomic mass is 16.5. The van der Waals surface area contributed by atoms with Crippen LogP contribution in [0.4, 0.5) is 0 Å². The third-order valence-electron chi connectivity index (χ3n) is 3.11. The lowest BCUT2D eigenvalue weighted by molar-refractivity contribution is 0.181. The van der Waals surface area contributed by atoms with E-state index in [4.69, 9.17) is 9.47 Å². The third kappa shape index (κ3) is 5.52. The summed E-state index contributed by atoms with van der Waals surface area (Å²) < 4.78 is 11.4. The van der Waals surface area contributed by atoms with Crippen LogP contribution in [-0.2, 0) is 0 Å². The zero-order valence-corrected chi connectivity index (χ0v) is 12.8. The third-order valence-corrected chi connectivity index (χ3v) is 3.11. The van der Waals surface area contributed by atoms with Crippen molar-refractivity contribution in [3.05, 3.63) is 24.3 Å². The van der Waals surface area contributed by atoms with Crippen LogP contribution in [0.3, 0.4) is 0 Å². The molecule has 1 atom stereocenters. The van der Waals surface area contributed by atoms with E-state index in [1.165, 1.54) is 0 Å². The zero-order valence-electron chi connectivity index (χ0n) is 12.8. The quantitative estimate of drug-likeness (QED) is 0.818. The van der Waals surface area contributed by atoms with Crippen molar-refractivity contribution in [2.24, 2.45) is 5.41 Å². The van der Waals surface area contributed by atoms with E-state index in [1.807, 2.05) is 31.3 Å². The van der Waals surface area contributed by atoms with Gasteiger partial charge in [0.05, 0.1) is 6.61 Å². The second-order valence-corrected chi connectivity index (χ2v) is 5.84. The number of rotatable bonds is 7. The molecule has 108 valence electrons. The summed E-state index contributed by atoms with van der Waals surface area (Å²) in [5.74, 6) is 1.78. The first-order valence-corrected chi connectivity index (χ1v) is 7.00. The molecule has 0 spiro atoms. The summed E-state index contributed by atoms with van der Waals surface area (Å²) in [6.07, 6.45) is 1.02. The van der Waals surface area contributed by atoms with Gasteiger partial charge in [-0.05, 0) is 43.1 Å². The van der Waals surface area contributed by atoms with E-state index in [2.05, 4.69) is 33.0 Å². The van der Waals surface area contributed by atoms with Crippen molar-refractivity contribution in [1.82, 2.24) is 5.32 Å².